The molecule has 15 heavy (non-hydrogen) atoms. The van der Waals surface area contributed by atoms with Gasteiger partial charge in [-0.1, -0.05) is 0 Å². The van der Waals surface area contributed by atoms with E-state index < -0.39 is 28.9 Å². The summed E-state index contributed by atoms with van der Waals surface area (Å²) in [6.45, 7) is 2.89. The van der Waals surface area contributed by atoms with Gasteiger partial charge in [0.2, 0.25) is 5.76 Å². The Bertz CT molecular complexity index is 302. The minimum absolute atomic E-state index is 0.431. The maximum Gasteiger partial charge on any atom is 0.371 e. The summed E-state index contributed by atoms with van der Waals surface area (Å²) >= 11 is 0. The maximum atomic E-state index is 10.9. The SMILES string of the molecule is COC(C(=O)O)=C(C(=O)O)C(C)(C)OC. The van der Waals surface area contributed by atoms with Gasteiger partial charge in [0.25, 0.3) is 0 Å². The predicted molar refractivity (Wildman–Crippen MR) is 50.4 cm³/mol. The zero-order chi connectivity index (χ0) is 12.2. The molecule has 0 heterocycles. The van der Waals surface area contributed by atoms with Crippen LogP contribution < -0.4 is 0 Å². The van der Waals surface area contributed by atoms with E-state index in [0.29, 0.717) is 0 Å². The van der Waals surface area contributed by atoms with Crippen molar-refractivity contribution in [3.05, 3.63) is 11.3 Å². The predicted octanol–water partition coefficient (Wildman–Crippen LogP) is 0.481. The van der Waals surface area contributed by atoms with E-state index in [4.69, 9.17) is 14.9 Å². The van der Waals surface area contributed by atoms with Gasteiger partial charge < -0.3 is 19.7 Å². The molecule has 6 nitrogen and oxygen atoms in total. The van der Waals surface area contributed by atoms with Crippen LogP contribution in [0.1, 0.15) is 13.8 Å². The summed E-state index contributed by atoms with van der Waals surface area (Å²) in [4.78, 5) is 21.7. The van der Waals surface area contributed by atoms with Crippen LogP contribution in [0.3, 0.4) is 0 Å². The molecular formula is C9H14O6. The molecule has 0 rings (SSSR count). The Balaban J connectivity index is 5.66. The molecule has 0 amide bonds. The summed E-state index contributed by atoms with van der Waals surface area (Å²) in [7, 11) is 2.39. The zero-order valence-corrected chi connectivity index (χ0v) is 9.03. The third kappa shape index (κ3) is 2.95. The molecule has 0 aliphatic rings. The van der Waals surface area contributed by atoms with Crippen LogP contribution in [0.15, 0.2) is 11.3 Å². The average Bonchev–Trinajstić information content (AvgIpc) is 2.12. The summed E-state index contributed by atoms with van der Waals surface area (Å²) in [6.07, 6.45) is 0. The molecule has 6 heteroatoms. The zero-order valence-electron chi connectivity index (χ0n) is 9.03. The molecule has 0 saturated carbocycles. The van der Waals surface area contributed by atoms with E-state index in [1.807, 2.05) is 0 Å². The van der Waals surface area contributed by atoms with Crippen LogP contribution in [-0.2, 0) is 19.1 Å². The Hall–Kier alpha value is -1.56. The number of aliphatic carboxylic acids is 2. The second kappa shape index (κ2) is 4.79. The summed E-state index contributed by atoms with van der Waals surface area (Å²) in [5.41, 5.74) is -1.67. The first-order valence-electron chi connectivity index (χ1n) is 4.08. The Labute approximate surface area is 87.1 Å². The molecule has 0 radical (unpaired) electrons. The second-order valence-corrected chi connectivity index (χ2v) is 3.23. The van der Waals surface area contributed by atoms with Crippen molar-refractivity contribution < 1.29 is 29.3 Å². The molecule has 0 bridgehead atoms. The Morgan fingerprint density at radius 1 is 1.07 bits per heavy atom. The van der Waals surface area contributed by atoms with Gasteiger partial charge in [-0.05, 0) is 13.8 Å². The van der Waals surface area contributed by atoms with Gasteiger partial charge in [0.05, 0.1) is 12.7 Å². The van der Waals surface area contributed by atoms with Crippen molar-refractivity contribution in [2.75, 3.05) is 14.2 Å². The lowest BCUT2D eigenvalue weighted by Gasteiger charge is -2.24. The van der Waals surface area contributed by atoms with Crippen molar-refractivity contribution in [2.24, 2.45) is 0 Å². The van der Waals surface area contributed by atoms with Gasteiger partial charge in [0.15, 0.2) is 0 Å². The standard InChI is InChI=1S/C9H14O6/c1-9(2,15-4)5(7(10)11)6(14-3)8(12)13/h1-4H3,(H,10,11)(H,12,13). The number of ether oxygens (including phenoxy) is 2. The van der Waals surface area contributed by atoms with Crippen molar-refractivity contribution in [3.63, 3.8) is 0 Å². The van der Waals surface area contributed by atoms with Crippen LogP contribution in [0.5, 0.6) is 0 Å². The van der Waals surface area contributed by atoms with Crippen LogP contribution >= 0.6 is 0 Å². The molecule has 0 fully saturated rings. The minimum Gasteiger partial charge on any atom is -0.489 e. The maximum absolute atomic E-state index is 10.9. The van der Waals surface area contributed by atoms with E-state index in [0.717, 1.165) is 7.11 Å². The lowest BCUT2D eigenvalue weighted by molar-refractivity contribution is -0.140. The topological polar surface area (TPSA) is 93.1 Å². The van der Waals surface area contributed by atoms with Gasteiger partial charge in [-0.2, -0.15) is 0 Å². The van der Waals surface area contributed by atoms with Gasteiger partial charge in [0.1, 0.15) is 5.57 Å². The summed E-state index contributed by atoms with van der Waals surface area (Å²) in [5.74, 6) is -3.46. The van der Waals surface area contributed by atoms with E-state index in [9.17, 15) is 9.59 Å². The fourth-order valence-corrected chi connectivity index (χ4v) is 1.03. The highest BCUT2D eigenvalue weighted by atomic mass is 16.5. The Kier molecular flexibility index (Phi) is 4.29. The molecule has 0 spiro atoms. The summed E-state index contributed by atoms with van der Waals surface area (Å²) in [6, 6.07) is 0. The highest BCUT2D eigenvalue weighted by Crippen LogP contribution is 2.24. The van der Waals surface area contributed by atoms with Crippen LogP contribution in [0, 0.1) is 0 Å². The number of hydrogen-bond donors (Lipinski definition) is 2. The van der Waals surface area contributed by atoms with Crippen LogP contribution in [0.4, 0.5) is 0 Å². The molecule has 0 aromatic carbocycles. The lowest BCUT2D eigenvalue weighted by Crippen LogP contribution is -2.33. The van der Waals surface area contributed by atoms with E-state index in [2.05, 4.69) is 4.74 Å². The highest BCUT2D eigenvalue weighted by Gasteiger charge is 2.35. The monoisotopic (exact) mass is 218 g/mol. The van der Waals surface area contributed by atoms with Crippen molar-refractivity contribution in [2.45, 2.75) is 19.4 Å². The van der Waals surface area contributed by atoms with Gasteiger partial charge in [0, 0.05) is 7.11 Å². The molecular weight excluding hydrogens is 204 g/mol. The number of carboxylic acid groups (broad SMARTS) is 2. The number of carboxylic acids is 2. The third-order valence-corrected chi connectivity index (χ3v) is 1.95. The fraction of sp³-hybridized carbons (Fsp3) is 0.556. The molecule has 0 saturated heterocycles. The largest absolute Gasteiger partial charge is 0.489 e. The molecule has 0 aliphatic heterocycles. The average molecular weight is 218 g/mol. The van der Waals surface area contributed by atoms with E-state index >= 15 is 0 Å². The van der Waals surface area contributed by atoms with Crippen LogP contribution in [0.25, 0.3) is 0 Å². The smallest absolute Gasteiger partial charge is 0.371 e. The van der Waals surface area contributed by atoms with Crippen molar-refractivity contribution in [3.8, 4) is 0 Å². The molecule has 0 aromatic rings. The van der Waals surface area contributed by atoms with Crippen molar-refractivity contribution in [1.29, 1.82) is 0 Å². The summed E-state index contributed by atoms with van der Waals surface area (Å²) < 4.78 is 9.45. The first kappa shape index (κ1) is 13.4. The highest BCUT2D eigenvalue weighted by molar-refractivity contribution is 5.98. The number of rotatable bonds is 5. The van der Waals surface area contributed by atoms with Crippen molar-refractivity contribution in [1.82, 2.24) is 0 Å². The van der Waals surface area contributed by atoms with Crippen LogP contribution in [-0.4, -0.2) is 42.0 Å². The number of hydrogen-bond acceptors (Lipinski definition) is 4. The first-order valence-corrected chi connectivity index (χ1v) is 4.08. The molecule has 2 N–H and O–H groups in total. The third-order valence-electron chi connectivity index (χ3n) is 1.95. The molecule has 0 unspecified atom stereocenters. The van der Waals surface area contributed by atoms with E-state index in [1.54, 1.807) is 0 Å². The molecule has 86 valence electrons. The number of carbonyl (C=O) groups is 2. The summed E-state index contributed by atoms with van der Waals surface area (Å²) in [5, 5.41) is 17.7. The first-order chi connectivity index (χ1) is 6.77. The lowest BCUT2D eigenvalue weighted by atomic mass is 9.96. The number of methoxy groups -OCH3 is 2. The van der Waals surface area contributed by atoms with Gasteiger partial charge >= 0.3 is 11.9 Å². The normalized spacial score (nSPS) is 13.1. The molecule has 0 aromatic heterocycles. The van der Waals surface area contributed by atoms with Gasteiger partial charge in [-0.25, -0.2) is 9.59 Å². The quantitative estimate of drug-likeness (QED) is 0.515. The van der Waals surface area contributed by atoms with E-state index in [-0.39, 0.29) is 0 Å². The Morgan fingerprint density at radius 2 is 1.53 bits per heavy atom. The molecule has 0 atom stereocenters. The van der Waals surface area contributed by atoms with Crippen LogP contribution in [0.2, 0.25) is 0 Å². The Morgan fingerprint density at radius 3 is 1.73 bits per heavy atom. The van der Waals surface area contributed by atoms with Crippen molar-refractivity contribution >= 4 is 11.9 Å². The molecule has 0 aliphatic carbocycles. The van der Waals surface area contributed by atoms with Gasteiger partial charge in [-0.15, -0.1) is 0 Å². The van der Waals surface area contributed by atoms with E-state index in [1.165, 1.54) is 21.0 Å². The van der Waals surface area contributed by atoms with Gasteiger partial charge in [-0.3, -0.25) is 0 Å². The fourth-order valence-electron chi connectivity index (χ4n) is 1.03. The second-order valence-electron chi connectivity index (χ2n) is 3.23. The minimum atomic E-state index is -1.44.